The van der Waals surface area contributed by atoms with Crippen LogP contribution in [0.2, 0.25) is 0 Å². The average Bonchev–Trinajstić information content (AvgIpc) is 3.06. The van der Waals surface area contributed by atoms with Crippen molar-refractivity contribution in [2.45, 2.75) is 11.3 Å². The molecule has 128 valence electrons. The summed E-state index contributed by atoms with van der Waals surface area (Å²) < 4.78 is 39.8. The molecule has 3 heterocycles. The third-order valence-electron chi connectivity index (χ3n) is 4.40. The largest absolute Gasteiger partial charge is 0.359 e. The first-order valence-electron chi connectivity index (χ1n) is 7.93. The Morgan fingerprint density at radius 1 is 1.16 bits per heavy atom. The Morgan fingerprint density at radius 2 is 1.96 bits per heavy atom. The van der Waals surface area contributed by atoms with Crippen molar-refractivity contribution in [1.82, 2.24) is 14.3 Å². The van der Waals surface area contributed by atoms with Crippen LogP contribution in [0.15, 0.2) is 59.8 Å². The van der Waals surface area contributed by atoms with Gasteiger partial charge in [-0.15, -0.1) is 0 Å². The van der Waals surface area contributed by atoms with Gasteiger partial charge in [-0.25, -0.2) is 12.8 Å². The summed E-state index contributed by atoms with van der Waals surface area (Å²) in [6, 6.07) is 8.75. The van der Waals surface area contributed by atoms with Crippen molar-refractivity contribution in [3.05, 3.63) is 66.2 Å². The SMILES string of the molecule is O=S(=O)(c1ccc(F)cc1)N1CC=C(c2c[nH]c3cccnc23)CC1. The standard InChI is InChI=1S/C18H16FN3O2S/c19-14-3-5-15(6-4-14)25(23,24)22-10-7-13(8-11-22)16-12-21-17-2-1-9-20-18(16)17/h1-7,9,12,21H,8,10-11H2. The van der Waals surface area contributed by atoms with Crippen LogP contribution < -0.4 is 0 Å². The van der Waals surface area contributed by atoms with Gasteiger partial charge in [-0.3, -0.25) is 4.98 Å². The monoisotopic (exact) mass is 357 g/mol. The van der Waals surface area contributed by atoms with E-state index in [9.17, 15) is 12.8 Å². The van der Waals surface area contributed by atoms with Crippen molar-refractivity contribution < 1.29 is 12.8 Å². The summed E-state index contributed by atoms with van der Waals surface area (Å²) in [5, 5.41) is 0. The molecular weight excluding hydrogens is 341 g/mol. The number of aromatic amines is 1. The number of hydrogen-bond donors (Lipinski definition) is 1. The van der Waals surface area contributed by atoms with E-state index in [-0.39, 0.29) is 11.4 Å². The van der Waals surface area contributed by atoms with Crippen molar-refractivity contribution in [1.29, 1.82) is 0 Å². The maximum absolute atomic E-state index is 13.0. The van der Waals surface area contributed by atoms with Crippen molar-refractivity contribution >= 4 is 26.6 Å². The van der Waals surface area contributed by atoms with Crippen LogP contribution in [0.1, 0.15) is 12.0 Å². The smallest absolute Gasteiger partial charge is 0.243 e. The molecular formula is C18H16FN3O2S. The Morgan fingerprint density at radius 3 is 2.68 bits per heavy atom. The van der Waals surface area contributed by atoms with Gasteiger partial charge in [-0.1, -0.05) is 6.08 Å². The number of sulfonamides is 1. The molecule has 2 aromatic heterocycles. The van der Waals surface area contributed by atoms with Crippen molar-refractivity contribution in [2.75, 3.05) is 13.1 Å². The van der Waals surface area contributed by atoms with Gasteiger partial charge < -0.3 is 4.98 Å². The van der Waals surface area contributed by atoms with Crippen LogP contribution in [-0.2, 0) is 10.0 Å². The minimum absolute atomic E-state index is 0.111. The lowest BCUT2D eigenvalue weighted by Crippen LogP contribution is -2.34. The molecule has 5 nitrogen and oxygen atoms in total. The number of aromatic nitrogens is 2. The molecule has 0 spiro atoms. The van der Waals surface area contributed by atoms with Gasteiger partial charge in [0.15, 0.2) is 0 Å². The van der Waals surface area contributed by atoms with E-state index in [0.29, 0.717) is 13.0 Å². The van der Waals surface area contributed by atoms with Crippen LogP contribution in [-0.4, -0.2) is 35.8 Å². The molecule has 1 N–H and O–H groups in total. The number of pyridine rings is 1. The number of fused-ring (bicyclic) bond motifs is 1. The quantitative estimate of drug-likeness (QED) is 0.783. The van der Waals surface area contributed by atoms with Crippen LogP contribution in [0, 0.1) is 5.82 Å². The first kappa shape index (κ1) is 16.0. The zero-order chi connectivity index (χ0) is 17.4. The van der Waals surface area contributed by atoms with E-state index >= 15 is 0 Å². The lowest BCUT2D eigenvalue weighted by Gasteiger charge is -2.25. The van der Waals surface area contributed by atoms with Crippen LogP contribution in [0.4, 0.5) is 4.39 Å². The van der Waals surface area contributed by atoms with Crippen molar-refractivity contribution in [3.8, 4) is 0 Å². The van der Waals surface area contributed by atoms with Gasteiger partial charge in [-0.2, -0.15) is 4.31 Å². The van der Waals surface area contributed by atoms with Crippen molar-refractivity contribution in [2.24, 2.45) is 0 Å². The molecule has 0 aliphatic carbocycles. The lowest BCUT2D eigenvalue weighted by molar-refractivity contribution is 0.441. The van der Waals surface area contributed by atoms with Gasteiger partial charge in [0.25, 0.3) is 0 Å². The molecule has 7 heteroatoms. The van der Waals surface area contributed by atoms with Crippen molar-refractivity contribution in [3.63, 3.8) is 0 Å². The first-order chi connectivity index (χ1) is 12.1. The third kappa shape index (κ3) is 2.85. The molecule has 1 aromatic carbocycles. The summed E-state index contributed by atoms with van der Waals surface area (Å²) in [5.41, 5.74) is 3.94. The molecule has 0 unspecified atom stereocenters. The zero-order valence-electron chi connectivity index (χ0n) is 13.3. The van der Waals surface area contributed by atoms with E-state index in [1.54, 1.807) is 6.20 Å². The molecule has 0 saturated heterocycles. The van der Waals surface area contributed by atoms with Gasteiger partial charge in [0, 0.05) is 31.0 Å². The van der Waals surface area contributed by atoms with Gasteiger partial charge in [0.1, 0.15) is 5.82 Å². The molecule has 0 atom stereocenters. The fourth-order valence-electron chi connectivity index (χ4n) is 3.07. The number of hydrogen-bond acceptors (Lipinski definition) is 3. The molecule has 0 saturated carbocycles. The highest BCUT2D eigenvalue weighted by Gasteiger charge is 2.27. The van der Waals surface area contributed by atoms with Gasteiger partial charge in [-0.05, 0) is 48.4 Å². The Hall–Kier alpha value is -2.51. The van der Waals surface area contributed by atoms with E-state index in [2.05, 4.69) is 9.97 Å². The normalized spacial score (nSPS) is 16.1. The summed E-state index contributed by atoms with van der Waals surface area (Å²) in [7, 11) is -3.61. The number of benzene rings is 1. The highest BCUT2D eigenvalue weighted by Crippen LogP contribution is 2.29. The average molecular weight is 357 g/mol. The summed E-state index contributed by atoms with van der Waals surface area (Å²) in [5.74, 6) is -0.452. The maximum Gasteiger partial charge on any atom is 0.243 e. The predicted octanol–water partition coefficient (Wildman–Crippen LogP) is 3.18. The van der Waals surface area contributed by atoms with E-state index in [1.807, 2.05) is 24.4 Å². The Kier molecular flexibility index (Phi) is 3.89. The van der Waals surface area contributed by atoms with E-state index in [4.69, 9.17) is 0 Å². The van der Waals surface area contributed by atoms with Gasteiger partial charge in [0.2, 0.25) is 10.0 Å². The third-order valence-corrected chi connectivity index (χ3v) is 6.28. The summed E-state index contributed by atoms with van der Waals surface area (Å²) >= 11 is 0. The first-order valence-corrected chi connectivity index (χ1v) is 9.37. The number of nitrogens with one attached hydrogen (secondary N) is 1. The number of nitrogens with zero attached hydrogens (tertiary/aromatic N) is 2. The van der Waals surface area contributed by atoms with Crippen LogP contribution >= 0.6 is 0 Å². The van der Waals surface area contributed by atoms with Crippen LogP contribution in [0.25, 0.3) is 16.6 Å². The molecule has 4 rings (SSSR count). The second kappa shape index (κ2) is 6.09. The Labute approximate surface area is 144 Å². The predicted molar refractivity (Wildman–Crippen MR) is 93.8 cm³/mol. The minimum Gasteiger partial charge on any atom is -0.359 e. The highest BCUT2D eigenvalue weighted by atomic mass is 32.2. The van der Waals surface area contributed by atoms with E-state index < -0.39 is 15.8 Å². The van der Waals surface area contributed by atoms with Crippen LogP contribution in [0.3, 0.4) is 0 Å². The number of H-pyrrole nitrogens is 1. The van der Waals surface area contributed by atoms with E-state index in [1.165, 1.54) is 16.4 Å². The molecule has 0 bridgehead atoms. The molecule has 1 aliphatic rings. The van der Waals surface area contributed by atoms with Gasteiger partial charge in [0.05, 0.1) is 15.9 Å². The van der Waals surface area contributed by atoms with Crippen LogP contribution in [0.5, 0.6) is 0 Å². The minimum atomic E-state index is -3.61. The molecule has 25 heavy (non-hydrogen) atoms. The molecule has 1 aliphatic heterocycles. The highest BCUT2D eigenvalue weighted by molar-refractivity contribution is 7.89. The summed E-state index contributed by atoms with van der Waals surface area (Å²) in [4.78, 5) is 7.70. The summed E-state index contributed by atoms with van der Waals surface area (Å²) in [6.07, 6.45) is 6.17. The fraction of sp³-hybridized carbons (Fsp3) is 0.167. The fourth-order valence-corrected chi connectivity index (χ4v) is 4.45. The zero-order valence-corrected chi connectivity index (χ0v) is 14.1. The van der Waals surface area contributed by atoms with E-state index in [0.717, 1.165) is 34.3 Å². The molecule has 3 aromatic rings. The number of rotatable bonds is 3. The van der Waals surface area contributed by atoms with Gasteiger partial charge >= 0.3 is 0 Å². The molecule has 0 fully saturated rings. The second-order valence-electron chi connectivity index (χ2n) is 5.90. The Bertz CT molecular complexity index is 1060. The Balaban J connectivity index is 1.60. The molecule has 0 radical (unpaired) electrons. The molecule has 0 amide bonds. The number of halogens is 1. The lowest BCUT2D eigenvalue weighted by atomic mass is 10.0. The second-order valence-corrected chi connectivity index (χ2v) is 7.84. The topological polar surface area (TPSA) is 66.1 Å². The maximum atomic E-state index is 13.0. The summed E-state index contributed by atoms with van der Waals surface area (Å²) in [6.45, 7) is 0.666.